The summed E-state index contributed by atoms with van der Waals surface area (Å²) < 4.78 is 19.0. The molecule has 2 N–H and O–H groups in total. The number of benzene rings is 3. The summed E-state index contributed by atoms with van der Waals surface area (Å²) in [4.78, 5) is 27.6. The van der Waals surface area contributed by atoms with Crippen molar-refractivity contribution >= 4 is 28.3 Å². The molecule has 144 valence electrons. The molecular formula is C23H17FN2O3. The van der Waals surface area contributed by atoms with E-state index in [1.807, 2.05) is 30.3 Å². The van der Waals surface area contributed by atoms with Gasteiger partial charge in [-0.2, -0.15) is 0 Å². The Kier molecular flexibility index (Phi) is 5.07. The van der Waals surface area contributed by atoms with Gasteiger partial charge in [0, 0.05) is 22.8 Å². The van der Waals surface area contributed by atoms with Crippen molar-refractivity contribution in [2.75, 3.05) is 5.32 Å². The number of carbonyl (C=O) groups is 2. The Morgan fingerprint density at radius 2 is 1.72 bits per heavy atom. The second-order valence-corrected chi connectivity index (χ2v) is 6.47. The maximum atomic E-state index is 13.3. The molecule has 0 radical (unpaired) electrons. The first kappa shape index (κ1) is 18.4. The fraction of sp³-hybridized carbons (Fsp3) is 0.0435. The van der Waals surface area contributed by atoms with Gasteiger partial charge >= 0.3 is 0 Å². The Morgan fingerprint density at radius 1 is 0.966 bits per heavy atom. The summed E-state index contributed by atoms with van der Waals surface area (Å²) in [6, 6.07) is 20.5. The number of rotatable bonds is 6. The molecule has 1 heterocycles. The quantitative estimate of drug-likeness (QED) is 0.371. The molecule has 0 unspecified atom stereocenters. The maximum absolute atomic E-state index is 13.3. The van der Waals surface area contributed by atoms with Crippen LogP contribution in [-0.4, -0.2) is 16.7 Å². The molecule has 4 rings (SSSR count). The summed E-state index contributed by atoms with van der Waals surface area (Å²) in [5.74, 6) is -1.24. The lowest BCUT2D eigenvalue weighted by molar-refractivity contribution is -0.112. The fourth-order valence-electron chi connectivity index (χ4n) is 2.97. The van der Waals surface area contributed by atoms with E-state index in [4.69, 9.17) is 4.74 Å². The molecule has 1 amide bonds. The Labute approximate surface area is 166 Å². The van der Waals surface area contributed by atoms with Crippen LogP contribution in [-0.2, 0) is 11.4 Å². The van der Waals surface area contributed by atoms with E-state index < -0.39 is 17.5 Å². The van der Waals surface area contributed by atoms with Crippen LogP contribution in [0.2, 0.25) is 0 Å². The highest BCUT2D eigenvalue weighted by atomic mass is 19.1. The molecule has 3 aromatic carbocycles. The molecular weight excluding hydrogens is 371 g/mol. The zero-order valence-electron chi connectivity index (χ0n) is 15.3. The maximum Gasteiger partial charge on any atom is 0.296 e. The summed E-state index contributed by atoms with van der Waals surface area (Å²) in [5.41, 5.74) is 2.18. The SMILES string of the molecule is O=C(Nc1ccc(OCc2ccccc2)cc1)C(=O)c1c[nH]c2cc(F)ccc12. The van der Waals surface area contributed by atoms with E-state index in [-0.39, 0.29) is 5.56 Å². The van der Waals surface area contributed by atoms with Crippen molar-refractivity contribution in [1.82, 2.24) is 4.98 Å². The summed E-state index contributed by atoms with van der Waals surface area (Å²) in [6.45, 7) is 0.437. The predicted molar refractivity (Wildman–Crippen MR) is 108 cm³/mol. The number of carbonyl (C=O) groups excluding carboxylic acids is 2. The van der Waals surface area contributed by atoms with Crippen LogP contribution in [0.1, 0.15) is 15.9 Å². The van der Waals surface area contributed by atoms with Crippen molar-refractivity contribution in [2.45, 2.75) is 6.61 Å². The van der Waals surface area contributed by atoms with Crippen molar-refractivity contribution < 1.29 is 18.7 Å². The molecule has 0 aliphatic heterocycles. The van der Waals surface area contributed by atoms with Crippen LogP contribution in [0, 0.1) is 5.82 Å². The van der Waals surface area contributed by atoms with Crippen LogP contribution >= 0.6 is 0 Å². The number of H-pyrrole nitrogens is 1. The van der Waals surface area contributed by atoms with Crippen molar-refractivity contribution in [1.29, 1.82) is 0 Å². The third-order valence-electron chi connectivity index (χ3n) is 4.46. The zero-order chi connectivity index (χ0) is 20.2. The van der Waals surface area contributed by atoms with Gasteiger partial charge in [-0.05, 0) is 48.0 Å². The van der Waals surface area contributed by atoms with Crippen molar-refractivity contribution in [3.8, 4) is 5.75 Å². The predicted octanol–water partition coefficient (Wildman–Crippen LogP) is 4.71. The molecule has 29 heavy (non-hydrogen) atoms. The van der Waals surface area contributed by atoms with Crippen molar-refractivity contribution in [3.63, 3.8) is 0 Å². The van der Waals surface area contributed by atoms with E-state index >= 15 is 0 Å². The van der Waals surface area contributed by atoms with E-state index in [1.165, 1.54) is 24.4 Å². The highest BCUT2D eigenvalue weighted by Crippen LogP contribution is 2.21. The van der Waals surface area contributed by atoms with E-state index in [1.54, 1.807) is 24.3 Å². The number of halogens is 1. The molecule has 0 aliphatic carbocycles. The second-order valence-electron chi connectivity index (χ2n) is 6.47. The normalized spacial score (nSPS) is 10.7. The Bertz CT molecular complexity index is 1170. The minimum atomic E-state index is -0.770. The number of fused-ring (bicyclic) bond motifs is 1. The van der Waals surface area contributed by atoms with E-state index in [9.17, 15) is 14.0 Å². The highest BCUT2D eigenvalue weighted by molar-refractivity contribution is 6.48. The molecule has 0 atom stereocenters. The van der Waals surface area contributed by atoms with Gasteiger partial charge in [0.15, 0.2) is 0 Å². The molecule has 0 aliphatic rings. The molecule has 0 saturated heterocycles. The Hall–Kier alpha value is -3.93. The Balaban J connectivity index is 1.40. The number of Topliss-reactive ketones (excluding diaryl/α,β-unsaturated/α-hetero) is 1. The standard InChI is InChI=1S/C23H17FN2O3/c24-16-6-11-19-20(13-25-21(19)12-16)22(27)23(28)26-17-7-9-18(10-8-17)29-14-15-4-2-1-3-5-15/h1-13,25H,14H2,(H,26,28). The lowest BCUT2D eigenvalue weighted by Gasteiger charge is -2.08. The first-order valence-electron chi connectivity index (χ1n) is 8.99. The van der Waals surface area contributed by atoms with E-state index in [2.05, 4.69) is 10.3 Å². The van der Waals surface area contributed by atoms with Gasteiger partial charge in [0.1, 0.15) is 18.2 Å². The monoisotopic (exact) mass is 388 g/mol. The van der Waals surface area contributed by atoms with Gasteiger partial charge in [0.25, 0.3) is 11.7 Å². The lowest BCUT2D eigenvalue weighted by Crippen LogP contribution is -2.22. The van der Waals surface area contributed by atoms with E-state index in [0.29, 0.717) is 28.9 Å². The first-order chi connectivity index (χ1) is 14.1. The first-order valence-corrected chi connectivity index (χ1v) is 8.99. The Morgan fingerprint density at radius 3 is 2.48 bits per heavy atom. The molecule has 6 heteroatoms. The fourth-order valence-corrected chi connectivity index (χ4v) is 2.97. The van der Waals surface area contributed by atoms with Crippen LogP contribution < -0.4 is 10.1 Å². The van der Waals surface area contributed by atoms with Gasteiger partial charge in [-0.3, -0.25) is 9.59 Å². The number of hydrogen-bond donors (Lipinski definition) is 2. The van der Waals surface area contributed by atoms with Gasteiger partial charge in [-0.15, -0.1) is 0 Å². The van der Waals surface area contributed by atoms with Gasteiger partial charge < -0.3 is 15.0 Å². The number of hydrogen-bond acceptors (Lipinski definition) is 3. The molecule has 0 bridgehead atoms. The summed E-state index contributed by atoms with van der Waals surface area (Å²) in [7, 11) is 0. The van der Waals surface area contributed by atoms with Crippen LogP contribution in [0.5, 0.6) is 5.75 Å². The molecule has 5 nitrogen and oxygen atoms in total. The summed E-state index contributed by atoms with van der Waals surface area (Å²) >= 11 is 0. The van der Waals surface area contributed by atoms with Crippen molar-refractivity contribution in [3.05, 3.63) is 95.9 Å². The minimum Gasteiger partial charge on any atom is -0.489 e. The molecule has 0 saturated carbocycles. The van der Waals surface area contributed by atoms with Gasteiger partial charge in [0.2, 0.25) is 0 Å². The van der Waals surface area contributed by atoms with Crippen LogP contribution in [0.15, 0.2) is 79.0 Å². The topological polar surface area (TPSA) is 71.2 Å². The van der Waals surface area contributed by atoms with E-state index in [0.717, 1.165) is 5.56 Å². The second kappa shape index (κ2) is 7.98. The molecule has 0 fully saturated rings. The van der Waals surface area contributed by atoms with Gasteiger partial charge in [0.05, 0.1) is 5.56 Å². The average molecular weight is 388 g/mol. The third-order valence-corrected chi connectivity index (χ3v) is 4.46. The zero-order valence-corrected chi connectivity index (χ0v) is 15.3. The van der Waals surface area contributed by atoms with Crippen LogP contribution in [0.4, 0.5) is 10.1 Å². The van der Waals surface area contributed by atoms with Gasteiger partial charge in [-0.25, -0.2) is 4.39 Å². The number of anilines is 1. The summed E-state index contributed by atoms with van der Waals surface area (Å²) in [5, 5.41) is 3.07. The largest absolute Gasteiger partial charge is 0.489 e. The average Bonchev–Trinajstić information content (AvgIpc) is 3.16. The van der Waals surface area contributed by atoms with Gasteiger partial charge in [-0.1, -0.05) is 30.3 Å². The number of ether oxygens (including phenoxy) is 1. The number of amides is 1. The lowest BCUT2D eigenvalue weighted by atomic mass is 10.1. The number of aromatic amines is 1. The third kappa shape index (κ3) is 4.16. The number of nitrogens with one attached hydrogen (secondary N) is 2. The number of aromatic nitrogens is 1. The summed E-state index contributed by atoms with van der Waals surface area (Å²) in [6.07, 6.45) is 1.41. The molecule has 1 aromatic heterocycles. The highest BCUT2D eigenvalue weighted by Gasteiger charge is 2.20. The smallest absolute Gasteiger partial charge is 0.296 e. The van der Waals surface area contributed by atoms with Crippen molar-refractivity contribution in [2.24, 2.45) is 0 Å². The molecule has 4 aromatic rings. The molecule has 0 spiro atoms. The van der Waals surface area contributed by atoms with Crippen LogP contribution in [0.25, 0.3) is 10.9 Å². The minimum absolute atomic E-state index is 0.195. The van der Waals surface area contributed by atoms with Crippen LogP contribution in [0.3, 0.4) is 0 Å². The number of ketones is 1.